The van der Waals surface area contributed by atoms with Gasteiger partial charge in [0.25, 0.3) is 0 Å². The third kappa shape index (κ3) is 6.93. The molecule has 0 aliphatic rings. The van der Waals surface area contributed by atoms with Gasteiger partial charge in [0.15, 0.2) is 0 Å². The normalized spacial score (nSPS) is 11.3. The molecule has 0 aliphatic carbocycles. The zero-order valence-corrected chi connectivity index (χ0v) is 15.6. The summed E-state index contributed by atoms with van der Waals surface area (Å²) in [5.41, 5.74) is 2.08. The van der Waals surface area contributed by atoms with E-state index in [1.54, 1.807) is 24.3 Å². The molecular formula is C21H25N3O3. The molecule has 0 aromatic heterocycles. The Morgan fingerprint density at radius 1 is 0.926 bits per heavy atom. The van der Waals surface area contributed by atoms with Crippen molar-refractivity contribution < 1.29 is 14.4 Å². The standard InChI is InChI=1S/C21H25N3O3/c1-3-8-19(22-15(2)25)21(27)24-18-12-7-11-17(14-18)23-20(26)13-16-9-5-4-6-10-16/h4-7,9-12,14,19H,3,8,13H2,1-2H3,(H,22,25)(H,23,26)(H,24,27)/t19-/m0/s1. The summed E-state index contributed by atoms with van der Waals surface area (Å²) in [5.74, 6) is -0.655. The van der Waals surface area contributed by atoms with Crippen LogP contribution in [0, 0.1) is 0 Å². The first kappa shape index (κ1) is 20.2. The molecule has 2 aromatic carbocycles. The van der Waals surface area contributed by atoms with Crippen LogP contribution in [0.2, 0.25) is 0 Å². The van der Waals surface area contributed by atoms with E-state index in [2.05, 4.69) is 16.0 Å². The monoisotopic (exact) mass is 367 g/mol. The fraction of sp³-hybridized carbons (Fsp3) is 0.286. The Morgan fingerprint density at radius 3 is 2.22 bits per heavy atom. The number of benzene rings is 2. The Bertz CT molecular complexity index is 790. The topological polar surface area (TPSA) is 87.3 Å². The van der Waals surface area contributed by atoms with Gasteiger partial charge in [0, 0.05) is 18.3 Å². The van der Waals surface area contributed by atoms with Gasteiger partial charge in [-0.1, -0.05) is 49.7 Å². The molecule has 0 fully saturated rings. The van der Waals surface area contributed by atoms with Crippen molar-refractivity contribution in [2.45, 2.75) is 39.2 Å². The van der Waals surface area contributed by atoms with Crippen molar-refractivity contribution in [1.29, 1.82) is 0 Å². The number of carbonyl (C=O) groups excluding carboxylic acids is 3. The lowest BCUT2D eigenvalue weighted by molar-refractivity contribution is -0.125. The van der Waals surface area contributed by atoms with Crippen LogP contribution in [0.3, 0.4) is 0 Å². The van der Waals surface area contributed by atoms with Gasteiger partial charge in [-0.05, 0) is 30.2 Å². The highest BCUT2D eigenvalue weighted by atomic mass is 16.2. The molecule has 0 saturated heterocycles. The second kappa shape index (κ2) is 10.1. The molecule has 0 unspecified atom stereocenters. The molecule has 2 aromatic rings. The Hall–Kier alpha value is -3.15. The Balaban J connectivity index is 1.98. The molecule has 142 valence electrons. The van der Waals surface area contributed by atoms with Gasteiger partial charge in [0.2, 0.25) is 17.7 Å². The van der Waals surface area contributed by atoms with Gasteiger partial charge in [-0.15, -0.1) is 0 Å². The van der Waals surface area contributed by atoms with E-state index in [0.29, 0.717) is 17.8 Å². The predicted molar refractivity (Wildman–Crippen MR) is 106 cm³/mol. The van der Waals surface area contributed by atoms with Crippen LogP contribution in [0.4, 0.5) is 11.4 Å². The summed E-state index contributed by atoms with van der Waals surface area (Å²) in [4.78, 5) is 35.9. The highest BCUT2D eigenvalue weighted by Gasteiger charge is 2.18. The molecule has 0 heterocycles. The molecule has 0 radical (unpaired) electrons. The molecular weight excluding hydrogens is 342 g/mol. The second-order valence-electron chi connectivity index (χ2n) is 6.32. The lowest BCUT2D eigenvalue weighted by atomic mass is 10.1. The number of rotatable bonds is 8. The molecule has 0 bridgehead atoms. The van der Waals surface area contributed by atoms with Crippen molar-refractivity contribution in [3.63, 3.8) is 0 Å². The molecule has 27 heavy (non-hydrogen) atoms. The Morgan fingerprint density at radius 2 is 1.59 bits per heavy atom. The number of anilines is 2. The van der Waals surface area contributed by atoms with Crippen LogP contribution in [0.5, 0.6) is 0 Å². The first-order chi connectivity index (χ1) is 13.0. The van der Waals surface area contributed by atoms with Crippen molar-refractivity contribution in [3.8, 4) is 0 Å². The van der Waals surface area contributed by atoms with Crippen molar-refractivity contribution in [2.75, 3.05) is 10.6 Å². The average molecular weight is 367 g/mol. The average Bonchev–Trinajstić information content (AvgIpc) is 2.62. The first-order valence-electron chi connectivity index (χ1n) is 8.99. The van der Waals surface area contributed by atoms with Crippen LogP contribution < -0.4 is 16.0 Å². The largest absolute Gasteiger partial charge is 0.345 e. The Kier molecular flexibility index (Phi) is 7.55. The smallest absolute Gasteiger partial charge is 0.246 e. The molecule has 1 atom stereocenters. The SMILES string of the molecule is CCC[C@H](NC(C)=O)C(=O)Nc1cccc(NC(=O)Cc2ccccc2)c1. The molecule has 3 amide bonds. The molecule has 0 saturated carbocycles. The van der Waals surface area contributed by atoms with Crippen molar-refractivity contribution in [3.05, 3.63) is 60.2 Å². The summed E-state index contributed by atoms with van der Waals surface area (Å²) in [6.07, 6.45) is 1.60. The third-order valence-electron chi connectivity index (χ3n) is 3.89. The van der Waals surface area contributed by atoms with Gasteiger partial charge in [0.05, 0.1) is 6.42 Å². The maximum absolute atomic E-state index is 12.4. The van der Waals surface area contributed by atoms with Gasteiger partial charge < -0.3 is 16.0 Å². The van der Waals surface area contributed by atoms with Crippen molar-refractivity contribution in [2.24, 2.45) is 0 Å². The van der Waals surface area contributed by atoms with E-state index in [9.17, 15) is 14.4 Å². The van der Waals surface area contributed by atoms with E-state index < -0.39 is 6.04 Å². The molecule has 6 heteroatoms. The van der Waals surface area contributed by atoms with Crippen LogP contribution in [0.25, 0.3) is 0 Å². The molecule has 3 N–H and O–H groups in total. The van der Waals surface area contributed by atoms with Crippen LogP contribution in [0.1, 0.15) is 32.3 Å². The van der Waals surface area contributed by atoms with Gasteiger partial charge in [-0.2, -0.15) is 0 Å². The first-order valence-corrected chi connectivity index (χ1v) is 8.99. The van der Waals surface area contributed by atoms with Crippen LogP contribution in [-0.4, -0.2) is 23.8 Å². The summed E-state index contributed by atoms with van der Waals surface area (Å²) < 4.78 is 0. The zero-order valence-electron chi connectivity index (χ0n) is 15.6. The van der Waals surface area contributed by atoms with E-state index in [4.69, 9.17) is 0 Å². The van der Waals surface area contributed by atoms with E-state index >= 15 is 0 Å². The predicted octanol–water partition coefficient (Wildman–Crippen LogP) is 3.11. The van der Waals surface area contributed by atoms with E-state index in [1.807, 2.05) is 37.3 Å². The minimum absolute atomic E-state index is 0.133. The number of hydrogen-bond acceptors (Lipinski definition) is 3. The number of carbonyl (C=O) groups is 3. The summed E-state index contributed by atoms with van der Waals surface area (Å²) in [5, 5.41) is 8.28. The van der Waals surface area contributed by atoms with Crippen LogP contribution >= 0.6 is 0 Å². The van der Waals surface area contributed by atoms with E-state index in [0.717, 1.165) is 12.0 Å². The zero-order chi connectivity index (χ0) is 19.6. The molecule has 2 rings (SSSR count). The molecule has 0 spiro atoms. The van der Waals surface area contributed by atoms with Gasteiger partial charge in [-0.3, -0.25) is 14.4 Å². The van der Waals surface area contributed by atoms with Crippen molar-refractivity contribution >= 4 is 29.1 Å². The van der Waals surface area contributed by atoms with Crippen molar-refractivity contribution in [1.82, 2.24) is 5.32 Å². The summed E-state index contributed by atoms with van der Waals surface area (Å²) in [7, 11) is 0. The lowest BCUT2D eigenvalue weighted by Crippen LogP contribution is -2.42. The van der Waals surface area contributed by atoms with Gasteiger partial charge in [0.1, 0.15) is 6.04 Å². The molecule has 6 nitrogen and oxygen atoms in total. The van der Waals surface area contributed by atoms with Crippen LogP contribution in [0.15, 0.2) is 54.6 Å². The summed E-state index contributed by atoms with van der Waals surface area (Å²) in [6.45, 7) is 3.34. The van der Waals surface area contributed by atoms with E-state index in [1.165, 1.54) is 6.92 Å². The Labute approximate surface area is 159 Å². The minimum Gasteiger partial charge on any atom is -0.345 e. The van der Waals surface area contributed by atoms with E-state index in [-0.39, 0.29) is 24.1 Å². The highest BCUT2D eigenvalue weighted by Crippen LogP contribution is 2.16. The van der Waals surface area contributed by atoms with Gasteiger partial charge >= 0.3 is 0 Å². The summed E-state index contributed by atoms with van der Waals surface area (Å²) in [6, 6.07) is 15.8. The fourth-order valence-corrected chi connectivity index (χ4v) is 2.69. The van der Waals surface area contributed by atoms with Gasteiger partial charge in [-0.25, -0.2) is 0 Å². The fourth-order valence-electron chi connectivity index (χ4n) is 2.69. The maximum atomic E-state index is 12.4. The number of nitrogens with one attached hydrogen (secondary N) is 3. The lowest BCUT2D eigenvalue weighted by Gasteiger charge is -2.17. The quantitative estimate of drug-likeness (QED) is 0.670. The third-order valence-corrected chi connectivity index (χ3v) is 3.89. The second-order valence-corrected chi connectivity index (χ2v) is 6.32. The summed E-state index contributed by atoms with van der Waals surface area (Å²) >= 11 is 0. The maximum Gasteiger partial charge on any atom is 0.246 e. The van der Waals surface area contributed by atoms with Crippen LogP contribution in [-0.2, 0) is 20.8 Å². The minimum atomic E-state index is -0.580. The number of amides is 3. The highest BCUT2D eigenvalue weighted by molar-refractivity contribution is 5.98. The molecule has 0 aliphatic heterocycles. The number of hydrogen-bond donors (Lipinski definition) is 3.